The second-order valence-corrected chi connectivity index (χ2v) is 4.20. The van der Waals surface area contributed by atoms with Crippen molar-refractivity contribution in [2.75, 3.05) is 5.32 Å². The van der Waals surface area contributed by atoms with Crippen LogP contribution in [0.3, 0.4) is 0 Å². The van der Waals surface area contributed by atoms with E-state index in [-0.39, 0.29) is 0 Å². The molecular formula is C17H13N2O. The molecule has 3 nitrogen and oxygen atoms in total. The van der Waals surface area contributed by atoms with Gasteiger partial charge in [-0.25, -0.2) is 4.98 Å². The molecule has 1 radical (unpaired) electrons. The molecule has 0 saturated carbocycles. The average Bonchev–Trinajstić information content (AvgIpc) is 2.51. The fourth-order valence-corrected chi connectivity index (χ4v) is 1.77. The standard InChI is InChI=1S/C17H13N2O/c1-2-6-15(7-3-1)20-16-11-9-14(10-12-16)19-17-8-4-5-13-18-17/h2-13H,(H,18,19). The summed E-state index contributed by atoms with van der Waals surface area (Å²) in [5.74, 6) is 2.41. The Bertz CT molecular complexity index is 591. The van der Waals surface area contributed by atoms with E-state index in [1.54, 1.807) is 6.20 Å². The SMILES string of the molecule is [c]1ccc(Oc2ccc(Nc3ccccn3)cc2)cc1. The number of pyridine rings is 1. The Morgan fingerprint density at radius 2 is 1.60 bits per heavy atom. The smallest absolute Gasteiger partial charge is 0.130 e. The summed E-state index contributed by atoms with van der Waals surface area (Å²) in [6.45, 7) is 0. The molecule has 0 unspecified atom stereocenters. The Kier molecular flexibility index (Phi) is 3.60. The van der Waals surface area contributed by atoms with Crippen LogP contribution in [0.15, 0.2) is 72.9 Å². The van der Waals surface area contributed by atoms with Crippen molar-refractivity contribution in [3.63, 3.8) is 0 Å². The summed E-state index contributed by atoms with van der Waals surface area (Å²) in [6, 6.07) is 23.9. The lowest BCUT2D eigenvalue weighted by molar-refractivity contribution is 0.483. The van der Waals surface area contributed by atoms with Gasteiger partial charge in [-0.15, -0.1) is 0 Å². The average molecular weight is 261 g/mol. The van der Waals surface area contributed by atoms with Gasteiger partial charge in [-0.1, -0.05) is 18.2 Å². The predicted octanol–water partition coefficient (Wildman–Crippen LogP) is 4.42. The van der Waals surface area contributed by atoms with E-state index < -0.39 is 0 Å². The van der Waals surface area contributed by atoms with Crippen LogP contribution in [0.25, 0.3) is 0 Å². The van der Waals surface area contributed by atoms with E-state index in [0.717, 1.165) is 23.0 Å². The van der Waals surface area contributed by atoms with Crippen molar-refractivity contribution >= 4 is 11.5 Å². The van der Waals surface area contributed by atoms with E-state index >= 15 is 0 Å². The number of nitrogens with zero attached hydrogens (tertiary/aromatic N) is 1. The van der Waals surface area contributed by atoms with Gasteiger partial charge in [-0.05, 0) is 54.6 Å². The van der Waals surface area contributed by atoms with Crippen LogP contribution in [0.4, 0.5) is 11.5 Å². The largest absolute Gasteiger partial charge is 0.457 e. The van der Waals surface area contributed by atoms with Crippen molar-refractivity contribution in [1.82, 2.24) is 4.98 Å². The molecule has 2 aromatic carbocycles. The van der Waals surface area contributed by atoms with Gasteiger partial charge in [-0.3, -0.25) is 0 Å². The quantitative estimate of drug-likeness (QED) is 0.755. The Hall–Kier alpha value is -2.81. The molecule has 0 fully saturated rings. The van der Waals surface area contributed by atoms with E-state index in [1.165, 1.54) is 0 Å². The van der Waals surface area contributed by atoms with Crippen molar-refractivity contribution in [3.05, 3.63) is 79.0 Å². The molecule has 0 saturated heterocycles. The summed E-state index contributed by atoms with van der Waals surface area (Å²) in [7, 11) is 0. The van der Waals surface area contributed by atoms with Gasteiger partial charge < -0.3 is 10.1 Å². The molecule has 0 aliphatic heterocycles. The lowest BCUT2D eigenvalue weighted by atomic mass is 10.3. The molecule has 1 aromatic heterocycles. The summed E-state index contributed by atoms with van der Waals surface area (Å²) in [5, 5.41) is 3.22. The van der Waals surface area contributed by atoms with Gasteiger partial charge in [0.2, 0.25) is 0 Å². The van der Waals surface area contributed by atoms with Gasteiger partial charge in [0, 0.05) is 11.9 Å². The third kappa shape index (κ3) is 3.14. The Morgan fingerprint density at radius 1 is 0.850 bits per heavy atom. The van der Waals surface area contributed by atoms with Crippen LogP contribution >= 0.6 is 0 Å². The number of ether oxygens (including phenoxy) is 1. The minimum atomic E-state index is 0.794. The number of nitrogens with one attached hydrogen (secondary N) is 1. The Labute approximate surface area is 117 Å². The summed E-state index contributed by atoms with van der Waals surface area (Å²) < 4.78 is 5.72. The zero-order valence-electron chi connectivity index (χ0n) is 10.8. The van der Waals surface area contributed by atoms with E-state index in [0.29, 0.717) is 0 Å². The highest BCUT2D eigenvalue weighted by molar-refractivity contribution is 5.57. The Morgan fingerprint density at radius 3 is 2.30 bits per heavy atom. The van der Waals surface area contributed by atoms with Crippen molar-refractivity contribution in [2.45, 2.75) is 0 Å². The van der Waals surface area contributed by atoms with Crippen molar-refractivity contribution in [1.29, 1.82) is 0 Å². The first kappa shape index (κ1) is 12.2. The molecule has 3 heteroatoms. The van der Waals surface area contributed by atoms with E-state index in [4.69, 9.17) is 4.74 Å². The molecule has 3 aromatic rings. The second kappa shape index (κ2) is 5.89. The fourth-order valence-electron chi connectivity index (χ4n) is 1.77. The molecule has 0 aliphatic rings. The summed E-state index contributed by atoms with van der Waals surface area (Å²) in [5.41, 5.74) is 0.970. The van der Waals surface area contributed by atoms with Gasteiger partial charge in [-0.2, -0.15) is 0 Å². The summed E-state index contributed by atoms with van der Waals surface area (Å²) in [6.07, 6.45) is 1.76. The molecule has 20 heavy (non-hydrogen) atoms. The van der Waals surface area contributed by atoms with E-state index in [1.807, 2.05) is 66.7 Å². The first-order chi connectivity index (χ1) is 9.90. The molecule has 0 bridgehead atoms. The monoisotopic (exact) mass is 261 g/mol. The van der Waals surface area contributed by atoms with Crippen LogP contribution in [0.1, 0.15) is 0 Å². The van der Waals surface area contributed by atoms with Crippen molar-refractivity contribution < 1.29 is 4.74 Å². The summed E-state index contributed by atoms with van der Waals surface area (Å²) in [4.78, 5) is 4.22. The first-order valence-electron chi connectivity index (χ1n) is 6.32. The van der Waals surface area contributed by atoms with Gasteiger partial charge in [0.25, 0.3) is 0 Å². The zero-order valence-corrected chi connectivity index (χ0v) is 10.8. The van der Waals surface area contributed by atoms with Crippen LogP contribution < -0.4 is 10.1 Å². The molecule has 1 N–H and O–H groups in total. The van der Waals surface area contributed by atoms with Crippen LogP contribution in [0.5, 0.6) is 11.5 Å². The van der Waals surface area contributed by atoms with Gasteiger partial charge in [0.15, 0.2) is 0 Å². The minimum absolute atomic E-state index is 0.794. The third-order valence-electron chi connectivity index (χ3n) is 2.71. The molecule has 1 heterocycles. The number of anilines is 2. The Balaban J connectivity index is 1.69. The molecule has 0 aliphatic carbocycles. The van der Waals surface area contributed by atoms with Gasteiger partial charge >= 0.3 is 0 Å². The highest BCUT2D eigenvalue weighted by Crippen LogP contribution is 2.23. The predicted molar refractivity (Wildman–Crippen MR) is 79.3 cm³/mol. The van der Waals surface area contributed by atoms with Crippen molar-refractivity contribution in [2.24, 2.45) is 0 Å². The van der Waals surface area contributed by atoms with Gasteiger partial charge in [0.1, 0.15) is 17.3 Å². The van der Waals surface area contributed by atoms with Crippen LogP contribution in [-0.2, 0) is 0 Å². The molecule has 0 atom stereocenters. The number of rotatable bonds is 4. The normalized spacial score (nSPS) is 10.0. The topological polar surface area (TPSA) is 34.1 Å². The molecule has 0 amide bonds. The molecule has 97 valence electrons. The van der Waals surface area contributed by atoms with Crippen molar-refractivity contribution in [3.8, 4) is 11.5 Å². The van der Waals surface area contributed by atoms with Crippen LogP contribution in [-0.4, -0.2) is 4.98 Å². The van der Waals surface area contributed by atoms with E-state index in [9.17, 15) is 0 Å². The first-order valence-corrected chi connectivity index (χ1v) is 6.32. The van der Waals surface area contributed by atoms with E-state index in [2.05, 4.69) is 16.4 Å². The van der Waals surface area contributed by atoms with Gasteiger partial charge in [0.05, 0.1) is 0 Å². The summed E-state index contributed by atoms with van der Waals surface area (Å²) >= 11 is 0. The highest BCUT2D eigenvalue weighted by atomic mass is 16.5. The third-order valence-corrected chi connectivity index (χ3v) is 2.71. The zero-order chi connectivity index (χ0) is 13.6. The molecule has 0 spiro atoms. The number of benzene rings is 2. The second-order valence-electron chi connectivity index (χ2n) is 4.20. The number of aromatic nitrogens is 1. The minimum Gasteiger partial charge on any atom is -0.457 e. The van der Waals surface area contributed by atoms with Crippen LogP contribution in [0, 0.1) is 6.07 Å². The van der Waals surface area contributed by atoms with Crippen LogP contribution in [0.2, 0.25) is 0 Å². The molecular weight excluding hydrogens is 248 g/mol. The lowest BCUT2D eigenvalue weighted by Gasteiger charge is -2.08. The maximum atomic E-state index is 5.72. The fraction of sp³-hybridized carbons (Fsp3) is 0. The maximum absolute atomic E-state index is 5.72. The number of hydrogen-bond donors (Lipinski definition) is 1. The number of hydrogen-bond acceptors (Lipinski definition) is 3. The highest BCUT2D eigenvalue weighted by Gasteiger charge is 1.98. The lowest BCUT2D eigenvalue weighted by Crippen LogP contribution is -1.92. The maximum Gasteiger partial charge on any atom is 0.130 e. The molecule has 3 rings (SSSR count).